The van der Waals surface area contributed by atoms with Gasteiger partial charge >= 0.3 is 25.9 Å². The third-order valence-corrected chi connectivity index (χ3v) is 13.9. The van der Waals surface area contributed by atoms with Gasteiger partial charge in [0.15, 0.2) is 0 Å². The van der Waals surface area contributed by atoms with E-state index in [0.717, 1.165) is 5.19 Å². The van der Waals surface area contributed by atoms with Crippen LogP contribution in [0.25, 0.3) is 0 Å². The van der Waals surface area contributed by atoms with Crippen molar-refractivity contribution >= 4 is 31.1 Å². The first-order valence-corrected chi connectivity index (χ1v) is 14.2. The second kappa shape index (κ2) is 7.29. The van der Waals surface area contributed by atoms with Gasteiger partial charge in [-0.15, -0.1) is 0 Å². The van der Waals surface area contributed by atoms with Crippen molar-refractivity contribution in [2.24, 2.45) is 0 Å². The van der Waals surface area contributed by atoms with Crippen LogP contribution >= 0.6 is 0 Å². The standard InChI is InChI=1S/C13H26O5Si3/c1-14-20(6,13-11-9-8-10-12-13)17-19(4,5)18-21(7,15-2)16-3/h8-12H,1-7H3. The molecule has 0 spiro atoms. The molecule has 0 amide bonds. The van der Waals surface area contributed by atoms with E-state index in [0.29, 0.717) is 0 Å². The van der Waals surface area contributed by atoms with E-state index in [-0.39, 0.29) is 0 Å². The van der Waals surface area contributed by atoms with Gasteiger partial charge in [-0.3, -0.25) is 0 Å². The third-order valence-electron chi connectivity index (χ3n) is 3.30. The Labute approximate surface area is 131 Å². The van der Waals surface area contributed by atoms with Gasteiger partial charge in [0, 0.05) is 27.9 Å². The highest BCUT2D eigenvalue weighted by atomic mass is 28.5. The van der Waals surface area contributed by atoms with Crippen molar-refractivity contribution in [2.75, 3.05) is 21.3 Å². The minimum atomic E-state index is -2.64. The van der Waals surface area contributed by atoms with Crippen LogP contribution in [0.3, 0.4) is 0 Å². The molecule has 1 atom stereocenters. The van der Waals surface area contributed by atoms with Crippen LogP contribution < -0.4 is 5.19 Å². The molecule has 0 radical (unpaired) electrons. The van der Waals surface area contributed by atoms with Gasteiger partial charge in [0.25, 0.3) is 0 Å². The van der Waals surface area contributed by atoms with E-state index in [1.807, 2.05) is 56.5 Å². The lowest BCUT2D eigenvalue weighted by molar-refractivity contribution is 0.150. The summed E-state index contributed by atoms with van der Waals surface area (Å²) in [6.07, 6.45) is 0. The minimum absolute atomic E-state index is 1.08. The van der Waals surface area contributed by atoms with E-state index in [4.69, 9.17) is 21.5 Å². The van der Waals surface area contributed by atoms with E-state index < -0.39 is 25.9 Å². The van der Waals surface area contributed by atoms with E-state index >= 15 is 0 Å². The Kier molecular flexibility index (Phi) is 6.50. The predicted octanol–water partition coefficient (Wildman–Crippen LogP) is 2.21. The van der Waals surface area contributed by atoms with Crippen molar-refractivity contribution in [3.63, 3.8) is 0 Å². The summed E-state index contributed by atoms with van der Waals surface area (Å²) >= 11 is 0. The van der Waals surface area contributed by atoms with E-state index in [9.17, 15) is 0 Å². The van der Waals surface area contributed by atoms with Crippen LogP contribution in [0.15, 0.2) is 30.3 Å². The van der Waals surface area contributed by atoms with Crippen LogP contribution in [0.1, 0.15) is 0 Å². The molecule has 0 aliphatic carbocycles. The SMILES string of the molecule is CO[Si](C)(OC)O[Si](C)(C)O[Si](C)(OC)c1ccccc1. The Bertz CT molecular complexity index is 439. The molecule has 0 aliphatic heterocycles. The highest BCUT2D eigenvalue weighted by Gasteiger charge is 2.47. The summed E-state index contributed by atoms with van der Waals surface area (Å²) in [5.74, 6) is 0. The number of benzene rings is 1. The van der Waals surface area contributed by atoms with Gasteiger partial charge in [-0.05, 0) is 24.8 Å². The highest BCUT2D eigenvalue weighted by molar-refractivity contribution is 6.89. The molecule has 1 aromatic carbocycles. The molecule has 0 saturated carbocycles. The number of hydrogen-bond acceptors (Lipinski definition) is 5. The Morgan fingerprint density at radius 3 is 1.67 bits per heavy atom. The fourth-order valence-electron chi connectivity index (χ4n) is 2.06. The zero-order chi connectivity index (χ0) is 16.1. The second-order valence-corrected chi connectivity index (χ2v) is 15.2. The summed E-state index contributed by atoms with van der Waals surface area (Å²) in [6.45, 7) is 7.87. The van der Waals surface area contributed by atoms with E-state index in [2.05, 4.69) is 0 Å². The molecule has 0 fully saturated rings. The molecular formula is C13H26O5Si3. The molecule has 0 saturated heterocycles. The maximum Gasteiger partial charge on any atom is 0.488 e. The van der Waals surface area contributed by atoms with Crippen molar-refractivity contribution in [3.8, 4) is 0 Å². The maximum absolute atomic E-state index is 6.37. The van der Waals surface area contributed by atoms with Gasteiger partial charge in [0.2, 0.25) is 0 Å². The first-order chi connectivity index (χ1) is 9.70. The Balaban J connectivity index is 2.94. The lowest BCUT2D eigenvalue weighted by Gasteiger charge is -2.37. The Morgan fingerprint density at radius 1 is 0.714 bits per heavy atom. The summed E-state index contributed by atoms with van der Waals surface area (Å²) in [5.41, 5.74) is 0. The monoisotopic (exact) mass is 346 g/mol. The van der Waals surface area contributed by atoms with E-state index in [1.54, 1.807) is 21.3 Å². The average Bonchev–Trinajstić information content (AvgIpc) is 2.47. The first kappa shape index (κ1) is 18.7. The largest absolute Gasteiger partial charge is 0.488 e. The van der Waals surface area contributed by atoms with Crippen molar-refractivity contribution < 1.29 is 21.5 Å². The summed E-state index contributed by atoms with van der Waals surface area (Å²) in [6, 6.07) is 10.0. The topological polar surface area (TPSA) is 46.2 Å². The zero-order valence-electron chi connectivity index (χ0n) is 13.9. The molecule has 0 aliphatic rings. The quantitative estimate of drug-likeness (QED) is 0.675. The molecule has 1 aromatic rings. The molecule has 8 heteroatoms. The molecular weight excluding hydrogens is 320 g/mol. The number of hydrogen-bond donors (Lipinski definition) is 0. The number of rotatable bonds is 8. The van der Waals surface area contributed by atoms with Gasteiger partial charge in [-0.1, -0.05) is 30.3 Å². The summed E-state index contributed by atoms with van der Waals surface area (Å²) in [5, 5.41) is 1.08. The maximum atomic E-state index is 6.37. The predicted molar refractivity (Wildman–Crippen MR) is 90.0 cm³/mol. The van der Waals surface area contributed by atoms with Crippen molar-refractivity contribution in [1.29, 1.82) is 0 Å². The Hall–Kier alpha value is -0.329. The van der Waals surface area contributed by atoms with Crippen LogP contribution in [0, 0.1) is 0 Å². The fraction of sp³-hybridized carbons (Fsp3) is 0.538. The summed E-state index contributed by atoms with van der Waals surface area (Å²) in [4.78, 5) is 0. The molecule has 0 aromatic heterocycles. The minimum Gasteiger partial charge on any atom is -0.412 e. The zero-order valence-corrected chi connectivity index (χ0v) is 16.9. The lowest BCUT2D eigenvalue weighted by atomic mass is 10.4. The molecule has 120 valence electrons. The van der Waals surface area contributed by atoms with Crippen LogP contribution in [-0.2, 0) is 21.5 Å². The van der Waals surface area contributed by atoms with Crippen molar-refractivity contribution in [1.82, 2.24) is 0 Å². The lowest BCUT2D eigenvalue weighted by Crippen LogP contribution is -2.61. The first-order valence-electron chi connectivity index (χ1n) is 6.81. The fourth-order valence-corrected chi connectivity index (χ4v) is 12.6. The summed E-state index contributed by atoms with van der Waals surface area (Å²) in [7, 11) is -2.74. The van der Waals surface area contributed by atoms with Gasteiger partial charge in [-0.2, -0.15) is 0 Å². The van der Waals surface area contributed by atoms with Gasteiger partial charge in [0.1, 0.15) is 0 Å². The molecule has 21 heavy (non-hydrogen) atoms. The van der Waals surface area contributed by atoms with Crippen LogP contribution in [0.4, 0.5) is 0 Å². The molecule has 0 bridgehead atoms. The van der Waals surface area contributed by atoms with Crippen molar-refractivity contribution in [2.45, 2.75) is 26.2 Å². The van der Waals surface area contributed by atoms with Crippen molar-refractivity contribution in [3.05, 3.63) is 30.3 Å². The van der Waals surface area contributed by atoms with Crippen LogP contribution in [-0.4, -0.2) is 47.3 Å². The van der Waals surface area contributed by atoms with Gasteiger partial charge < -0.3 is 21.5 Å². The highest BCUT2D eigenvalue weighted by Crippen LogP contribution is 2.21. The second-order valence-electron chi connectivity index (χ2n) is 5.39. The van der Waals surface area contributed by atoms with Crippen LogP contribution in [0.2, 0.25) is 26.2 Å². The molecule has 0 N–H and O–H groups in total. The molecule has 5 nitrogen and oxygen atoms in total. The van der Waals surface area contributed by atoms with Gasteiger partial charge in [0.05, 0.1) is 0 Å². The normalized spacial score (nSPS) is 15.8. The Morgan fingerprint density at radius 2 is 1.24 bits per heavy atom. The van der Waals surface area contributed by atoms with Gasteiger partial charge in [-0.25, -0.2) is 0 Å². The smallest absolute Gasteiger partial charge is 0.412 e. The summed E-state index contributed by atoms with van der Waals surface area (Å²) < 4.78 is 29.0. The molecule has 1 unspecified atom stereocenters. The average molecular weight is 347 g/mol. The molecule has 1 rings (SSSR count). The van der Waals surface area contributed by atoms with Crippen LogP contribution in [0.5, 0.6) is 0 Å². The third kappa shape index (κ3) is 5.11. The van der Waals surface area contributed by atoms with E-state index in [1.165, 1.54) is 0 Å². The molecule has 0 heterocycles.